The molecule has 0 bridgehead atoms. The van der Waals surface area contributed by atoms with Crippen molar-refractivity contribution >= 4 is 23.2 Å². The van der Waals surface area contributed by atoms with Gasteiger partial charge in [0.1, 0.15) is 5.75 Å². The summed E-state index contributed by atoms with van der Waals surface area (Å²) in [7, 11) is 0. The van der Waals surface area contributed by atoms with E-state index in [1.165, 1.54) is 5.56 Å². The minimum atomic E-state index is 0.179. The van der Waals surface area contributed by atoms with Gasteiger partial charge >= 0.3 is 0 Å². The molecule has 1 aliphatic rings. The Kier molecular flexibility index (Phi) is 5.41. The van der Waals surface area contributed by atoms with Gasteiger partial charge in [-0.2, -0.15) is 0 Å². The van der Waals surface area contributed by atoms with E-state index in [2.05, 4.69) is 6.07 Å². The minimum absolute atomic E-state index is 0.179. The van der Waals surface area contributed by atoms with Gasteiger partial charge in [-0.15, -0.1) is 0 Å². The molecule has 4 heteroatoms. The number of carbonyl (C=O) groups excluding carboxylic acids is 1. The normalized spacial score (nSPS) is 13.5. The van der Waals surface area contributed by atoms with Gasteiger partial charge < -0.3 is 9.64 Å². The van der Waals surface area contributed by atoms with Crippen molar-refractivity contribution in [3.63, 3.8) is 0 Å². The largest absolute Gasteiger partial charge is 0.494 e. The summed E-state index contributed by atoms with van der Waals surface area (Å²) in [4.78, 5) is 14.4. The number of para-hydroxylation sites is 1. The molecule has 2 aromatic rings. The third kappa shape index (κ3) is 3.90. The molecular formula is C20H22ClNO2. The molecule has 1 aliphatic heterocycles. The van der Waals surface area contributed by atoms with E-state index in [4.69, 9.17) is 16.3 Å². The molecule has 0 aliphatic carbocycles. The molecule has 0 radical (unpaired) electrons. The molecule has 0 saturated carbocycles. The van der Waals surface area contributed by atoms with Gasteiger partial charge in [-0.25, -0.2) is 0 Å². The van der Waals surface area contributed by atoms with E-state index in [0.717, 1.165) is 41.4 Å². The predicted molar refractivity (Wildman–Crippen MR) is 98.0 cm³/mol. The van der Waals surface area contributed by atoms with Crippen molar-refractivity contribution < 1.29 is 9.53 Å². The highest BCUT2D eigenvalue weighted by molar-refractivity contribution is 6.31. The van der Waals surface area contributed by atoms with Crippen molar-refractivity contribution in [1.29, 1.82) is 0 Å². The number of rotatable bonds is 5. The second kappa shape index (κ2) is 7.71. The average molecular weight is 344 g/mol. The van der Waals surface area contributed by atoms with Crippen molar-refractivity contribution in [2.45, 2.75) is 32.6 Å². The molecule has 1 amide bonds. The number of anilines is 1. The molecule has 0 N–H and O–H groups in total. The number of nitrogens with zero attached hydrogens (tertiary/aromatic N) is 1. The fourth-order valence-corrected chi connectivity index (χ4v) is 3.17. The van der Waals surface area contributed by atoms with Crippen LogP contribution in [-0.4, -0.2) is 19.1 Å². The Morgan fingerprint density at radius 3 is 2.92 bits per heavy atom. The first-order valence-electron chi connectivity index (χ1n) is 8.42. The first-order chi connectivity index (χ1) is 11.6. The summed E-state index contributed by atoms with van der Waals surface area (Å²) in [5.74, 6) is 0.978. The van der Waals surface area contributed by atoms with Gasteiger partial charge in [0.25, 0.3) is 0 Å². The second-order valence-corrected chi connectivity index (χ2v) is 6.55. The summed E-state index contributed by atoms with van der Waals surface area (Å²) in [5, 5.41) is 0.737. The topological polar surface area (TPSA) is 29.5 Å². The average Bonchev–Trinajstić information content (AvgIpc) is 2.61. The smallest absolute Gasteiger partial charge is 0.227 e. The Morgan fingerprint density at radius 1 is 1.25 bits per heavy atom. The number of carbonyl (C=O) groups is 1. The van der Waals surface area contributed by atoms with Crippen molar-refractivity contribution in [1.82, 2.24) is 0 Å². The van der Waals surface area contributed by atoms with Gasteiger partial charge in [-0.3, -0.25) is 4.79 Å². The number of fused-ring (bicyclic) bond motifs is 1. The molecule has 3 rings (SSSR count). The summed E-state index contributed by atoms with van der Waals surface area (Å²) < 4.78 is 5.72. The highest BCUT2D eigenvalue weighted by atomic mass is 35.5. The first-order valence-corrected chi connectivity index (χ1v) is 8.80. The van der Waals surface area contributed by atoms with Crippen LogP contribution in [0.3, 0.4) is 0 Å². The fraction of sp³-hybridized carbons (Fsp3) is 0.350. The van der Waals surface area contributed by atoms with E-state index in [1.807, 2.05) is 48.2 Å². The maximum Gasteiger partial charge on any atom is 0.227 e. The maximum absolute atomic E-state index is 12.5. The van der Waals surface area contributed by atoms with E-state index in [-0.39, 0.29) is 5.91 Å². The zero-order valence-corrected chi connectivity index (χ0v) is 14.7. The Morgan fingerprint density at radius 2 is 2.08 bits per heavy atom. The molecule has 0 spiro atoms. The second-order valence-electron chi connectivity index (χ2n) is 6.14. The van der Waals surface area contributed by atoms with Gasteiger partial charge in [-0.1, -0.05) is 29.8 Å². The molecule has 0 atom stereocenters. The third-order valence-electron chi connectivity index (χ3n) is 4.34. The lowest BCUT2D eigenvalue weighted by atomic mass is 10.0. The highest BCUT2D eigenvalue weighted by Gasteiger charge is 2.21. The van der Waals surface area contributed by atoms with Crippen LogP contribution < -0.4 is 9.64 Å². The van der Waals surface area contributed by atoms with E-state index in [9.17, 15) is 4.79 Å². The molecule has 0 fully saturated rings. The molecular weight excluding hydrogens is 322 g/mol. The van der Waals surface area contributed by atoms with E-state index < -0.39 is 0 Å². The van der Waals surface area contributed by atoms with Crippen LogP contribution in [0.2, 0.25) is 5.02 Å². The number of hydrogen-bond acceptors (Lipinski definition) is 2. The molecule has 126 valence electrons. The number of aryl methyl sites for hydroxylation is 2. The number of ether oxygens (including phenoxy) is 1. The van der Waals surface area contributed by atoms with Gasteiger partial charge in [0.2, 0.25) is 5.91 Å². The van der Waals surface area contributed by atoms with E-state index in [1.54, 1.807) is 0 Å². The van der Waals surface area contributed by atoms with Gasteiger partial charge in [0, 0.05) is 23.7 Å². The van der Waals surface area contributed by atoms with Crippen molar-refractivity contribution in [3.8, 4) is 5.75 Å². The number of amides is 1. The standard InChI is InChI=1S/C20H22ClNO2/c1-15-14-17(10-11-18(15)21)24-13-5-9-20(23)22-12-4-7-16-6-2-3-8-19(16)22/h2-3,6,8,10-11,14H,4-5,7,9,12-13H2,1H3. The van der Waals surface area contributed by atoms with Crippen molar-refractivity contribution in [3.05, 3.63) is 58.6 Å². The zero-order valence-electron chi connectivity index (χ0n) is 13.9. The molecule has 0 saturated heterocycles. The van der Waals surface area contributed by atoms with Gasteiger partial charge in [-0.05, 0) is 61.6 Å². The lowest BCUT2D eigenvalue weighted by Crippen LogP contribution is -2.35. The lowest BCUT2D eigenvalue weighted by molar-refractivity contribution is -0.118. The van der Waals surface area contributed by atoms with E-state index >= 15 is 0 Å². The van der Waals surface area contributed by atoms with Crippen LogP contribution in [0.25, 0.3) is 0 Å². The van der Waals surface area contributed by atoms with Gasteiger partial charge in [0.05, 0.1) is 6.61 Å². The van der Waals surface area contributed by atoms with Gasteiger partial charge in [0.15, 0.2) is 0 Å². The monoisotopic (exact) mass is 343 g/mol. The summed E-state index contributed by atoms with van der Waals surface area (Å²) in [5.41, 5.74) is 3.34. The Bertz CT molecular complexity index is 729. The number of halogens is 1. The molecule has 2 aromatic carbocycles. The Hall–Kier alpha value is -2.00. The third-order valence-corrected chi connectivity index (χ3v) is 4.77. The summed E-state index contributed by atoms with van der Waals surface area (Å²) in [6, 6.07) is 13.8. The van der Waals surface area contributed by atoms with Crippen LogP contribution in [0.15, 0.2) is 42.5 Å². The van der Waals surface area contributed by atoms with E-state index in [0.29, 0.717) is 19.4 Å². The van der Waals surface area contributed by atoms with Crippen molar-refractivity contribution in [2.24, 2.45) is 0 Å². The van der Waals surface area contributed by atoms with Crippen molar-refractivity contribution in [2.75, 3.05) is 18.1 Å². The quantitative estimate of drug-likeness (QED) is 0.731. The van der Waals surface area contributed by atoms with Crippen LogP contribution in [-0.2, 0) is 11.2 Å². The number of hydrogen-bond donors (Lipinski definition) is 0. The first kappa shape index (κ1) is 16.8. The lowest BCUT2D eigenvalue weighted by Gasteiger charge is -2.29. The molecule has 0 unspecified atom stereocenters. The summed E-state index contributed by atoms with van der Waals surface area (Å²) >= 11 is 6.01. The molecule has 3 nitrogen and oxygen atoms in total. The Balaban J connectivity index is 1.50. The maximum atomic E-state index is 12.5. The number of benzene rings is 2. The van der Waals surface area contributed by atoms with Crippen LogP contribution in [0, 0.1) is 6.92 Å². The fourth-order valence-electron chi connectivity index (χ4n) is 3.05. The zero-order chi connectivity index (χ0) is 16.9. The van der Waals surface area contributed by atoms with Crippen LogP contribution in [0.5, 0.6) is 5.75 Å². The predicted octanol–water partition coefficient (Wildman–Crippen LogP) is 4.79. The van der Waals surface area contributed by atoms with Crippen LogP contribution in [0.4, 0.5) is 5.69 Å². The molecule has 24 heavy (non-hydrogen) atoms. The van der Waals surface area contributed by atoms with Crippen LogP contribution >= 0.6 is 11.6 Å². The minimum Gasteiger partial charge on any atom is -0.494 e. The Labute approximate surface area is 148 Å². The molecule has 1 heterocycles. The molecule has 0 aromatic heterocycles. The highest BCUT2D eigenvalue weighted by Crippen LogP contribution is 2.27. The van der Waals surface area contributed by atoms with Crippen LogP contribution in [0.1, 0.15) is 30.4 Å². The summed E-state index contributed by atoms with van der Waals surface area (Å²) in [6.45, 7) is 3.29. The summed E-state index contributed by atoms with van der Waals surface area (Å²) in [6.07, 6.45) is 3.29. The SMILES string of the molecule is Cc1cc(OCCCC(=O)N2CCCc3ccccc32)ccc1Cl.